The van der Waals surface area contributed by atoms with Gasteiger partial charge in [-0.15, -0.1) is 10.2 Å². The lowest BCUT2D eigenvalue weighted by Gasteiger charge is -2.36. The van der Waals surface area contributed by atoms with Gasteiger partial charge in [0.15, 0.2) is 0 Å². The second-order valence-corrected chi connectivity index (χ2v) is 8.61. The molecule has 4 heteroatoms. The zero-order valence-corrected chi connectivity index (χ0v) is 15.1. The Labute approximate surface area is 133 Å². The number of nitrogens with one attached hydrogen (secondary N) is 1. The molecule has 1 aromatic rings. The van der Waals surface area contributed by atoms with Crippen LogP contribution in [0, 0.1) is 11.3 Å². The molecule has 120 valence electrons. The van der Waals surface area contributed by atoms with Crippen molar-refractivity contribution in [1.29, 1.82) is 0 Å². The Hall–Kier alpha value is -0.480. The van der Waals surface area contributed by atoms with E-state index in [4.69, 9.17) is 0 Å². The van der Waals surface area contributed by atoms with Gasteiger partial charge in [0.05, 0.1) is 6.04 Å². The molecule has 0 radical (unpaired) electrons. The van der Waals surface area contributed by atoms with Crippen molar-refractivity contribution in [3.05, 3.63) is 10.0 Å². The van der Waals surface area contributed by atoms with Crippen LogP contribution in [0.25, 0.3) is 0 Å². The molecule has 1 aromatic heterocycles. The second kappa shape index (κ2) is 7.19. The smallest absolute Gasteiger partial charge is 0.134 e. The van der Waals surface area contributed by atoms with Gasteiger partial charge in [0.1, 0.15) is 10.0 Å². The van der Waals surface area contributed by atoms with Gasteiger partial charge in [0, 0.05) is 5.92 Å². The zero-order chi connectivity index (χ0) is 15.5. The Morgan fingerprint density at radius 3 is 2.43 bits per heavy atom. The molecule has 1 heterocycles. The van der Waals surface area contributed by atoms with E-state index in [-0.39, 0.29) is 0 Å². The Balaban J connectivity index is 1.91. The molecule has 1 fully saturated rings. The van der Waals surface area contributed by atoms with Crippen molar-refractivity contribution in [1.82, 2.24) is 15.5 Å². The zero-order valence-electron chi connectivity index (χ0n) is 14.3. The fourth-order valence-corrected chi connectivity index (χ4v) is 4.28. The largest absolute Gasteiger partial charge is 0.308 e. The number of nitrogens with zero attached hydrogens (tertiary/aromatic N) is 2. The van der Waals surface area contributed by atoms with Crippen LogP contribution in [0.15, 0.2) is 0 Å². The van der Waals surface area contributed by atoms with Gasteiger partial charge in [-0.2, -0.15) is 0 Å². The first-order chi connectivity index (χ1) is 9.91. The van der Waals surface area contributed by atoms with Crippen molar-refractivity contribution in [2.45, 2.75) is 78.7 Å². The van der Waals surface area contributed by atoms with Crippen LogP contribution in [0.5, 0.6) is 0 Å². The SMILES string of the molecule is CCCNC(C)c1nnc(C2CCC(C(C)(C)C)CC2)s1. The summed E-state index contributed by atoms with van der Waals surface area (Å²) in [6.45, 7) is 12.6. The molecule has 2 rings (SSSR count). The van der Waals surface area contributed by atoms with Crippen molar-refractivity contribution >= 4 is 11.3 Å². The Bertz CT molecular complexity index is 427. The third-order valence-corrected chi connectivity index (χ3v) is 6.10. The predicted molar refractivity (Wildman–Crippen MR) is 90.8 cm³/mol. The van der Waals surface area contributed by atoms with Gasteiger partial charge in [-0.25, -0.2) is 0 Å². The maximum Gasteiger partial charge on any atom is 0.134 e. The first-order valence-corrected chi connectivity index (χ1v) is 9.30. The Morgan fingerprint density at radius 1 is 1.19 bits per heavy atom. The summed E-state index contributed by atoms with van der Waals surface area (Å²) in [5, 5.41) is 14.8. The van der Waals surface area contributed by atoms with E-state index in [1.54, 1.807) is 0 Å². The van der Waals surface area contributed by atoms with Gasteiger partial charge in [0.25, 0.3) is 0 Å². The average molecular weight is 310 g/mol. The lowest BCUT2D eigenvalue weighted by atomic mass is 9.70. The maximum atomic E-state index is 4.48. The molecule has 1 unspecified atom stereocenters. The van der Waals surface area contributed by atoms with Crippen LogP contribution in [-0.4, -0.2) is 16.7 Å². The third-order valence-electron chi connectivity index (χ3n) is 4.83. The monoisotopic (exact) mass is 309 g/mol. The highest BCUT2D eigenvalue weighted by Gasteiger charge is 2.31. The van der Waals surface area contributed by atoms with Crippen molar-refractivity contribution < 1.29 is 0 Å². The van der Waals surface area contributed by atoms with Gasteiger partial charge in [-0.1, -0.05) is 39.0 Å². The normalized spacial score (nSPS) is 25.0. The van der Waals surface area contributed by atoms with E-state index in [0.717, 1.165) is 23.9 Å². The number of hydrogen-bond donors (Lipinski definition) is 1. The van der Waals surface area contributed by atoms with Gasteiger partial charge >= 0.3 is 0 Å². The summed E-state index contributed by atoms with van der Waals surface area (Å²) in [7, 11) is 0. The molecule has 0 spiro atoms. The first kappa shape index (κ1) is 16.9. The summed E-state index contributed by atoms with van der Waals surface area (Å²) in [5.74, 6) is 1.51. The quantitative estimate of drug-likeness (QED) is 0.839. The average Bonchev–Trinajstić information content (AvgIpc) is 2.94. The lowest BCUT2D eigenvalue weighted by molar-refractivity contribution is 0.169. The minimum absolute atomic E-state index is 0.335. The molecular weight excluding hydrogens is 278 g/mol. The molecule has 0 aromatic carbocycles. The van der Waals surface area contributed by atoms with E-state index in [0.29, 0.717) is 17.4 Å². The Morgan fingerprint density at radius 2 is 1.86 bits per heavy atom. The van der Waals surface area contributed by atoms with Crippen LogP contribution in [0.4, 0.5) is 0 Å². The van der Waals surface area contributed by atoms with E-state index in [2.05, 4.69) is 50.1 Å². The molecular formula is C17H31N3S. The first-order valence-electron chi connectivity index (χ1n) is 8.48. The molecule has 0 saturated heterocycles. The summed E-state index contributed by atoms with van der Waals surface area (Å²) in [6.07, 6.45) is 6.41. The van der Waals surface area contributed by atoms with Crippen LogP contribution in [0.3, 0.4) is 0 Å². The van der Waals surface area contributed by atoms with Crippen LogP contribution in [0.2, 0.25) is 0 Å². The van der Waals surface area contributed by atoms with Gasteiger partial charge in [0.2, 0.25) is 0 Å². The van der Waals surface area contributed by atoms with E-state index in [1.165, 1.54) is 30.7 Å². The molecule has 1 aliphatic rings. The Kier molecular flexibility index (Phi) is 5.78. The van der Waals surface area contributed by atoms with Crippen LogP contribution >= 0.6 is 11.3 Å². The highest BCUT2D eigenvalue weighted by molar-refractivity contribution is 7.11. The number of rotatable bonds is 5. The van der Waals surface area contributed by atoms with Crippen molar-refractivity contribution in [2.75, 3.05) is 6.54 Å². The molecule has 0 aliphatic heterocycles. The highest BCUT2D eigenvalue weighted by atomic mass is 32.1. The van der Waals surface area contributed by atoms with Crippen molar-refractivity contribution in [3.8, 4) is 0 Å². The number of aromatic nitrogens is 2. The predicted octanol–water partition coefficient (Wildman–Crippen LogP) is 4.92. The topological polar surface area (TPSA) is 37.8 Å². The minimum atomic E-state index is 0.335. The molecule has 0 bridgehead atoms. The molecule has 21 heavy (non-hydrogen) atoms. The lowest BCUT2D eigenvalue weighted by Crippen LogP contribution is -2.25. The fraction of sp³-hybridized carbons (Fsp3) is 0.882. The maximum absolute atomic E-state index is 4.48. The van der Waals surface area contributed by atoms with Crippen molar-refractivity contribution in [3.63, 3.8) is 0 Å². The van der Waals surface area contributed by atoms with E-state index in [9.17, 15) is 0 Å². The van der Waals surface area contributed by atoms with Gasteiger partial charge in [-0.05, 0) is 56.9 Å². The van der Waals surface area contributed by atoms with Crippen LogP contribution in [0.1, 0.15) is 88.7 Å². The number of hydrogen-bond acceptors (Lipinski definition) is 4. The van der Waals surface area contributed by atoms with E-state index >= 15 is 0 Å². The molecule has 1 aliphatic carbocycles. The van der Waals surface area contributed by atoms with Crippen LogP contribution in [-0.2, 0) is 0 Å². The third kappa shape index (κ3) is 4.49. The molecule has 0 amide bonds. The molecule has 1 atom stereocenters. The van der Waals surface area contributed by atoms with Gasteiger partial charge < -0.3 is 5.32 Å². The summed E-state index contributed by atoms with van der Waals surface area (Å²) < 4.78 is 0. The minimum Gasteiger partial charge on any atom is -0.308 e. The molecule has 1 saturated carbocycles. The molecule has 1 N–H and O–H groups in total. The van der Waals surface area contributed by atoms with Crippen LogP contribution < -0.4 is 5.32 Å². The standard InChI is InChI=1S/C17H31N3S/c1-6-11-18-12(2)15-19-20-16(21-15)13-7-9-14(10-8-13)17(3,4)5/h12-14,18H,6-11H2,1-5H3. The second-order valence-electron chi connectivity index (χ2n) is 7.57. The summed E-state index contributed by atoms with van der Waals surface area (Å²) in [6, 6.07) is 0.335. The summed E-state index contributed by atoms with van der Waals surface area (Å²) >= 11 is 1.82. The van der Waals surface area contributed by atoms with Crippen molar-refractivity contribution in [2.24, 2.45) is 11.3 Å². The van der Waals surface area contributed by atoms with Gasteiger partial charge in [-0.3, -0.25) is 0 Å². The van der Waals surface area contributed by atoms with E-state index < -0.39 is 0 Å². The summed E-state index contributed by atoms with van der Waals surface area (Å²) in [5.41, 5.74) is 0.454. The summed E-state index contributed by atoms with van der Waals surface area (Å²) in [4.78, 5) is 0. The fourth-order valence-electron chi connectivity index (χ4n) is 3.24. The van der Waals surface area contributed by atoms with E-state index in [1.807, 2.05) is 11.3 Å². The highest BCUT2D eigenvalue weighted by Crippen LogP contribution is 2.43. The molecule has 3 nitrogen and oxygen atoms in total.